The number of nitrogens with one attached hydrogen (secondary N) is 1. The van der Waals surface area contributed by atoms with Gasteiger partial charge in [0.05, 0.1) is 0 Å². The third-order valence-corrected chi connectivity index (χ3v) is 5.69. The summed E-state index contributed by atoms with van der Waals surface area (Å²) in [5, 5.41) is 2.85. The quantitative estimate of drug-likeness (QED) is 0.767. The van der Waals surface area contributed by atoms with Crippen LogP contribution in [-0.2, 0) is 21.5 Å². The molecule has 3 aliphatic rings. The minimum atomic E-state index is -1.00. The van der Waals surface area contributed by atoms with E-state index in [0.717, 1.165) is 28.9 Å². The van der Waals surface area contributed by atoms with Crippen molar-refractivity contribution in [2.45, 2.75) is 24.8 Å². The van der Waals surface area contributed by atoms with Gasteiger partial charge in [0.25, 0.3) is 5.91 Å². The van der Waals surface area contributed by atoms with Gasteiger partial charge in [0.15, 0.2) is 0 Å². The molecule has 0 radical (unpaired) electrons. The van der Waals surface area contributed by atoms with E-state index in [1.807, 2.05) is 24.3 Å². The van der Waals surface area contributed by atoms with Crippen molar-refractivity contribution >= 4 is 17.8 Å². The molecule has 1 aromatic rings. The number of benzene rings is 1. The molecule has 0 bridgehead atoms. The van der Waals surface area contributed by atoms with Gasteiger partial charge in [0, 0.05) is 13.1 Å². The highest BCUT2D eigenvalue weighted by Crippen LogP contribution is 2.41. The Balaban J connectivity index is 1.52. The first-order valence-electron chi connectivity index (χ1n) is 8.75. The van der Waals surface area contributed by atoms with Crippen molar-refractivity contribution in [2.75, 3.05) is 26.2 Å². The van der Waals surface area contributed by atoms with Crippen LogP contribution in [0, 0.1) is 5.92 Å². The molecule has 0 saturated carbocycles. The summed E-state index contributed by atoms with van der Waals surface area (Å²) < 4.78 is 0. The number of fused-ring (bicyclic) bond motifs is 2. The highest BCUT2D eigenvalue weighted by molar-refractivity contribution is 6.09. The van der Waals surface area contributed by atoms with E-state index in [2.05, 4.69) is 5.32 Å². The molecule has 7 heteroatoms. The zero-order chi connectivity index (χ0) is 17.6. The second-order valence-corrected chi connectivity index (χ2v) is 7.11. The first kappa shape index (κ1) is 16.1. The molecule has 4 amide bonds. The lowest BCUT2D eigenvalue weighted by atomic mass is 9.92. The normalized spacial score (nSPS) is 28.0. The first-order chi connectivity index (χ1) is 12.0. The topological polar surface area (TPSA) is 95.7 Å². The van der Waals surface area contributed by atoms with E-state index >= 15 is 0 Å². The van der Waals surface area contributed by atoms with E-state index in [9.17, 15) is 14.4 Å². The van der Waals surface area contributed by atoms with E-state index in [0.29, 0.717) is 32.0 Å². The van der Waals surface area contributed by atoms with E-state index in [4.69, 9.17) is 5.73 Å². The van der Waals surface area contributed by atoms with Crippen LogP contribution < -0.4 is 11.1 Å². The molecule has 1 aromatic carbocycles. The minimum Gasteiger partial charge on any atom is -0.341 e. The Labute approximate surface area is 146 Å². The van der Waals surface area contributed by atoms with Gasteiger partial charge in [-0.15, -0.1) is 0 Å². The van der Waals surface area contributed by atoms with E-state index in [1.54, 1.807) is 4.90 Å². The van der Waals surface area contributed by atoms with E-state index in [-0.39, 0.29) is 18.4 Å². The maximum absolute atomic E-state index is 13.0. The molecule has 7 nitrogen and oxygen atoms in total. The maximum atomic E-state index is 13.0. The summed E-state index contributed by atoms with van der Waals surface area (Å²) in [6.45, 7) is 1.59. The highest BCUT2D eigenvalue weighted by atomic mass is 16.2. The maximum Gasteiger partial charge on any atom is 0.325 e. The standard InChI is InChI=1S/C18H22N4O3/c19-9-12-6-8-21(10-12)15(23)11-22-16(24)18(20-17(22)25)7-5-13-3-1-2-4-14(13)18/h1-4,12H,5-11,19H2,(H,20,25). The minimum absolute atomic E-state index is 0.192. The molecule has 0 aromatic heterocycles. The van der Waals surface area contributed by atoms with Gasteiger partial charge in [0.2, 0.25) is 5.91 Å². The van der Waals surface area contributed by atoms with Gasteiger partial charge in [-0.1, -0.05) is 24.3 Å². The van der Waals surface area contributed by atoms with Crippen LogP contribution in [-0.4, -0.2) is 53.8 Å². The molecule has 2 saturated heterocycles. The van der Waals surface area contributed by atoms with Crippen molar-refractivity contribution in [3.8, 4) is 0 Å². The van der Waals surface area contributed by atoms with Crippen LogP contribution in [0.1, 0.15) is 24.0 Å². The summed E-state index contributed by atoms with van der Waals surface area (Å²) in [6, 6.07) is 7.19. The van der Waals surface area contributed by atoms with Crippen LogP contribution in [0.15, 0.2) is 24.3 Å². The number of nitrogens with two attached hydrogens (primary N) is 1. The van der Waals surface area contributed by atoms with Gasteiger partial charge < -0.3 is 16.0 Å². The van der Waals surface area contributed by atoms with Crippen LogP contribution in [0.3, 0.4) is 0 Å². The molecular weight excluding hydrogens is 320 g/mol. The van der Waals surface area contributed by atoms with Crippen LogP contribution in [0.4, 0.5) is 4.79 Å². The van der Waals surface area contributed by atoms with E-state index < -0.39 is 11.6 Å². The molecule has 3 N–H and O–H groups in total. The Morgan fingerprint density at radius 1 is 1.32 bits per heavy atom. The number of hydrogen-bond donors (Lipinski definition) is 2. The Hall–Kier alpha value is -2.41. The Bertz CT molecular complexity index is 750. The fourth-order valence-corrected chi connectivity index (χ4v) is 4.22. The van der Waals surface area contributed by atoms with Crippen LogP contribution >= 0.6 is 0 Å². The lowest BCUT2D eigenvalue weighted by Crippen LogP contribution is -2.44. The number of aryl methyl sites for hydroxylation is 1. The molecule has 2 fully saturated rings. The second-order valence-electron chi connectivity index (χ2n) is 7.11. The SMILES string of the molecule is NCC1CCN(C(=O)CN2C(=O)NC3(CCc4ccccc43)C2=O)C1. The highest BCUT2D eigenvalue weighted by Gasteiger charge is 2.55. The third-order valence-electron chi connectivity index (χ3n) is 5.69. The zero-order valence-corrected chi connectivity index (χ0v) is 14.0. The average Bonchev–Trinajstić information content (AvgIpc) is 3.30. The monoisotopic (exact) mass is 342 g/mol. The number of hydrogen-bond acceptors (Lipinski definition) is 4. The predicted molar refractivity (Wildman–Crippen MR) is 90.4 cm³/mol. The van der Waals surface area contributed by atoms with Crippen molar-refractivity contribution in [3.63, 3.8) is 0 Å². The largest absolute Gasteiger partial charge is 0.341 e. The first-order valence-corrected chi connectivity index (χ1v) is 8.75. The molecule has 132 valence electrons. The van der Waals surface area contributed by atoms with Gasteiger partial charge in [-0.25, -0.2) is 4.79 Å². The summed E-state index contributed by atoms with van der Waals surface area (Å²) in [6.07, 6.45) is 2.16. The average molecular weight is 342 g/mol. The van der Waals surface area contributed by atoms with Crippen molar-refractivity contribution in [3.05, 3.63) is 35.4 Å². The number of urea groups is 1. The van der Waals surface area contributed by atoms with Gasteiger partial charge in [-0.2, -0.15) is 0 Å². The summed E-state index contributed by atoms with van der Waals surface area (Å²) in [5.41, 5.74) is 6.59. The van der Waals surface area contributed by atoms with Gasteiger partial charge in [-0.3, -0.25) is 14.5 Å². The number of carbonyl (C=O) groups is 3. The van der Waals surface area contributed by atoms with Crippen LogP contribution in [0.5, 0.6) is 0 Å². The van der Waals surface area contributed by atoms with Crippen molar-refractivity contribution < 1.29 is 14.4 Å². The summed E-state index contributed by atoms with van der Waals surface area (Å²) in [5.74, 6) is -0.201. The number of imide groups is 1. The van der Waals surface area contributed by atoms with E-state index in [1.165, 1.54) is 0 Å². The number of likely N-dealkylation sites (tertiary alicyclic amines) is 1. The lowest BCUT2D eigenvalue weighted by Gasteiger charge is -2.23. The van der Waals surface area contributed by atoms with Crippen molar-refractivity contribution in [1.82, 2.24) is 15.1 Å². The van der Waals surface area contributed by atoms with Gasteiger partial charge in [0.1, 0.15) is 12.1 Å². The number of carbonyl (C=O) groups excluding carboxylic acids is 3. The molecule has 2 heterocycles. The Morgan fingerprint density at radius 3 is 2.88 bits per heavy atom. The fourth-order valence-electron chi connectivity index (χ4n) is 4.22. The molecular formula is C18H22N4O3. The second kappa shape index (κ2) is 5.84. The fraction of sp³-hybridized carbons (Fsp3) is 0.500. The Kier molecular flexibility index (Phi) is 3.76. The van der Waals surface area contributed by atoms with Crippen molar-refractivity contribution in [2.24, 2.45) is 11.7 Å². The van der Waals surface area contributed by atoms with Crippen molar-refractivity contribution in [1.29, 1.82) is 0 Å². The molecule has 25 heavy (non-hydrogen) atoms. The molecule has 2 aliphatic heterocycles. The smallest absolute Gasteiger partial charge is 0.325 e. The van der Waals surface area contributed by atoms with Gasteiger partial charge in [-0.05, 0) is 42.9 Å². The number of rotatable bonds is 3. The molecule has 4 rings (SSSR count). The number of amides is 4. The molecule has 2 unspecified atom stereocenters. The Morgan fingerprint density at radius 2 is 2.12 bits per heavy atom. The molecule has 1 spiro atoms. The number of nitrogens with zero attached hydrogens (tertiary/aromatic N) is 2. The zero-order valence-electron chi connectivity index (χ0n) is 14.0. The summed E-state index contributed by atoms with van der Waals surface area (Å²) >= 11 is 0. The van der Waals surface area contributed by atoms with Crippen LogP contribution in [0.2, 0.25) is 0 Å². The molecule has 2 atom stereocenters. The molecule has 1 aliphatic carbocycles. The summed E-state index contributed by atoms with van der Waals surface area (Å²) in [4.78, 5) is 40.7. The van der Waals surface area contributed by atoms with Crippen LogP contribution in [0.25, 0.3) is 0 Å². The predicted octanol–water partition coefficient (Wildman–Crippen LogP) is 0.187. The lowest BCUT2D eigenvalue weighted by molar-refractivity contribution is -0.138. The summed E-state index contributed by atoms with van der Waals surface area (Å²) in [7, 11) is 0. The van der Waals surface area contributed by atoms with Gasteiger partial charge >= 0.3 is 6.03 Å². The third kappa shape index (κ3) is 2.41.